The largest absolute Gasteiger partial charge is 0.457 e. The molecule has 1 heterocycles. The van der Waals surface area contributed by atoms with E-state index < -0.39 is 12.2 Å². The van der Waals surface area contributed by atoms with Crippen molar-refractivity contribution >= 4 is 5.97 Å². The van der Waals surface area contributed by atoms with Gasteiger partial charge in [-0.15, -0.1) is 0 Å². The molecule has 4 nitrogen and oxygen atoms in total. The van der Waals surface area contributed by atoms with Gasteiger partial charge >= 0.3 is 5.97 Å². The van der Waals surface area contributed by atoms with Crippen molar-refractivity contribution in [3.05, 3.63) is 35.9 Å². The van der Waals surface area contributed by atoms with E-state index in [2.05, 4.69) is 0 Å². The van der Waals surface area contributed by atoms with Crippen molar-refractivity contribution < 1.29 is 19.4 Å². The SMILES string of the molecule is O=C1C[C@H](O)[13C@@H](COCc2ccccc2)O1. The van der Waals surface area contributed by atoms with Crippen molar-refractivity contribution in [1.82, 2.24) is 0 Å². The molecule has 1 fully saturated rings. The number of benzene rings is 1. The minimum atomic E-state index is -0.733. The van der Waals surface area contributed by atoms with Crippen LogP contribution in [0.1, 0.15) is 12.0 Å². The van der Waals surface area contributed by atoms with E-state index >= 15 is 0 Å². The standard InChI is InChI=1S/C12H14O4/c13-10-6-12(14)16-11(10)8-15-7-9-4-2-1-3-5-9/h1-5,10-11,13H,6-8H2/t10-,11+/m0/s1/i11+1. The second-order valence-corrected chi connectivity index (χ2v) is 3.80. The van der Waals surface area contributed by atoms with Gasteiger partial charge in [-0.25, -0.2) is 0 Å². The van der Waals surface area contributed by atoms with Crippen molar-refractivity contribution in [2.45, 2.75) is 25.2 Å². The van der Waals surface area contributed by atoms with E-state index in [-0.39, 0.29) is 19.0 Å². The molecule has 0 bridgehead atoms. The maximum atomic E-state index is 10.9. The fourth-order valence-electron chi connectivity index (χ4n) is 1.61. The lowest BCUT2D eigenvalue weighted by molar-refractivity contribution is -0.144. The van der Waals surface area contributed by atoms with Crippen molar-refractivity contribution in [3.63, 3.8) is 0 Å². The summed E-state index contributed by atoms with van der Waals surface area (Å²) in [4.78, 5) is 10.9. The zero-order valence-corrected chi connectivity index (χ0v) is 8.83. The first kappa shape index (κ1) is 11.1. The Labute approximate surface area is 93.8 Å². The molecule has 16 heavy (non-hydrogen) atoms. The highest BCUT2D eigenvalue weighted by Crippen LogP contribution is 2.15. The average molecular weight is 223 g/mol. The van der Waals surface area contributed by atoms with Gasteiger partial charge in [-0.3, -0.25) is 4.79 Å². The number of cyclic esters (lactones) is 1. The quantitative estimate of drug-likeness (QED) is 0.608. The molecule has 2 rings (SSSR count). The van der Waals surface area contributed by atoms with Gasteiger partial charge in [-0.05, 0) is 5.56 Å². The lowest BCUT2D eigenvalue weighted by atomic mass is 10.2. The minimum Gasteiger partial charge on any atom is -0.457 e. The van der Waals surface area contributed by atoms with E-state index in [1.165, 1.54) is 0 Å². The highest BCUT2D eigenvalue weighted by atomic mass is 16.6. The van der Waals surface area contributed by atoms with Crippen LogP contribution in [0.5, 0.6) is 0 Å². The Morgan fingerprint density at radius 3 is 2.75 bits per heavy atom. The van der Waals surface area contributed by atoms with Gasteiger partial charge in [-0.1, -0.05) is 30.3 Å². The van der Waals surface area contributed by atoms with Crippen LogP contribution >= 0.6 is 0 Å². The number of hydrogen-bond acceptors (Lipinski definition) is 4. The zero-order valence-electron chi connectivity index (χ0n) is 8.83. The molecule has 0 saturated carbocycles. The number of rotatable bonds is 4. The Kier molecular flexibility index (Phi) is 3.54. The molecule has 86 valence electrons. The highest BCUT2D eigenvalue weighted by Gasteiger charge is 2.33. The Morgan fingerprint density at radius 2 is 2.12 bits per heavy atom. The van der Waals surface area contributed by atoms with Crippen molar-refractivity contribution in [1.29, 1.82) is 0 Å². The Bertz CT molecular complexity index is 349. The van der Waals surface area contributed by atoms with Gasteiger partial charge in [0.2, 0.25) is 0 Å². The molecular weight excluding hydrogens is 209 g/mol. The third-order valence-electron chi connectivity index (χ3n) is 2.48. The van der Waals surface area contributed by atoms with Crippen LogP contribution in [0, 0.1) is 0 Å². The summed E-state index contributed by atoms with van der Waals surface area (Å²) in [5.74, 6) is -0.360. The number of ether oxygens (including phenoxy) is 2. The number of carbonyl (C=O) groups excluding carboxylic acids is 1. The predicted octanol–water partition coefficient (Wildman–Crippen LogP) is 0.880. The molecule has 0 spiro atoms. The zero-order chi connectivity index (χ0) is 11.4. The monoisotopic (exact) mass is 223 g/mol. The van der Waals surface area contributed by atoms with Crippen molar-refractivity contribution in [2.75, 3.05) is 6.61 Å². The van der Waals surface area contributed by atoms with Crippen LogP contribution in [-0.4, -0.2) is 29.9 Å². The lowest BCUT2D eigenvalue weighted by Gasteiger charge is -2.13. The molecule has 0 amide bonds. The fourth-order valence-corrected chi connectivity index (χ4v) is 1.61. The van der Waals surface area contributed by atoms with Crippen LogP contribution < -0.4 is 0 Å². The summed E-state index contributed by atoms with van der Waals surface area (Å²) in [7, 11) is 0. The number of hydrogen-bond donors (Lipinski definition) is 1. The van der Waals surface area contributed by atoms with E-state index in [0.717, 1.165) is 5.56 Å². The Hall–Kier alpha value is -1.39. The maximum absolute atomic E-state index is 10.9. The normalized spacial score (nSPS) is 24.4. The molecule has 1 aromatic carbocycles. The summed E-state index contributed by atoms with van der Waals surface area (Å²) < 4.78 is 10.3. The summed E-state index contributed by atoms with van der Waals surface area (Å²) in [6.07, 6.45) is -1.18. The second kappa shape index (κ2) is 5.09. The van der Waals surface area contributed by atoms with Crippen LogP contribution in [0.3, 0.4) is 0 Å². The summed E-state index contributed by atoms with van der Waals surface area (Å²) in [5.41, 5.74) is 1.06. The first-order valence-electron chi connectivity index (χ1n) is 5.25. The van der Waals surface area contributed by atoms with Crippen LogP contribution in [0.25, 0.3) is 0 Å². The minimum absolute atomic E-state index is 0.0688. The second-order valence-electron chi connectivity index (χ2n) is 3.80. The van der Waals surface area contributed by atoms with E-state index in [9.17, 15) is 9.90 Å². The molecule has 0 aliphatic carbocycles. The molecule has 1 aliphatic rings. The van der Waals surface area contributed by atoms with E-state index in [1.54, 1.807) is 0 Å². The van der Waals surface area contributed by atoms with Gasteiger partial charge < -0.3 is 14.6 Å². The van der Waals surface area contributed by atoms with Gasteiger partial charge in [-0.2, -0.15) is 0 Å². The number of aliphatic hydroxyl groups excluding tert-OH is 1. The van der Waals surface area contributed by atoms with Crippen LogP contribution in [0.4, 0.5) is 0 Å². The summed E-state index contributed by atoms with van der Waals surface area (Å²) in [5, 5.41) is 9.43. The topological polar surface area (TPSA) is 55.8 Å². The Balaban J connectivity index is 1.74. The summed E-state index contributed by atoms with van der Waals surface area (Å²) >= 11 is 0. The number of esters is 1. The first-order valence-corrected chi connectivity index (χ1v) is 5.25. The lowest BCUT2D eigenvalue weighted by Crippen LogP contribution is -2.26. The molecule has 4 heteroatoms. The van der Waals surface area contributed by atoms with Gasteiger partial charge in [0.1, 0.15) is 6.10 Å². The van der Waals surface area contributed by atoms with Crippen LogP contribution in [0.15, 0.2) is 30.3 Å². The fraction of sp³-hybridized carbons (Fsp3) is 0.417. The number of aliphatic hydroxyl groups is 1. The molecule has 1 aliphatic heterocycles. The number of carbonyl (C=O) groups is 1. The summed E-state index contributed by atoms with van der Waals surface area (Å²) in [6.45, 7) is 0.698. The van der Waals surface area contributed by atoms with E-state index in [1.807, 2.05) is 30.3 Å². The molecular formula is C12H14O4. The van der Waals surface area contributed by atoms with Gasteiger partial charge in [0.25, 0.3) is 0 Å². The molecule has 1 N–H and O–H groups in total. The molecule has 0 unspecified atom stereocenters. The van der Waals surface area contributed by atoms with Gasteiger partial charge in [0.15, 0.2) is 6.10 Å². The molecule has 0 radical (unpaired) electrons. The third kappa shape index (κ3) is 2.81. The molecule has 1 aromatic rings. The van der Waals surface area contributed by atoms with Crippen molar-refractivity contribution in [2.24, 2.45) is 0 Å². The highest BCUT2D eigenvalue weighted by molar-refractivity contribution is 5.72. The first-order chi connectivity index (χ1) is 7.75. The Morgan fingerprint density at radius 1 is 1.38 bits per heavy atom. The average Bonchev–Trinajstić information content (AvgIpc) is 2.59. The molecule has 0 aromatic heterocycles. The predicted molar refractivity (Wildman–Crippen MR) is 56.6 cm³/mol. The summed E-state index contributed by atoms with van der Waals surface area (Å²) in [6, 6.07) is 9.71. The van der Waals surface area contributed by atoms with Crippen LogP contribution in [0.2, 0.25) is 0 Å². The van der Waals surface area contributed by atoms with Gasteiger partial charge in [0, 0.05) is 0 Å². The maximum Gasteiger partial charge on any atom is 0.309 e. The van der Waals surface area contributed by atoms with E-state index in [0.29, 0.717) is 6.61 Å². The van der Waals surface area contributed by atoms with Crippen molar-refractivity contribution in [3.8, 4) is 0 Å². The molecule has 1 saturated heterocycles. The van der Waals surface area contributed by atoms with Gasteiger partial charge in [0.05, 0.1) is 19.6 Å². The smallest absolute Gasteiger partial charge is 0.309 e. The third-order valence-corrected chi connectivity index (χ3v) is 2.48. The van der Waals surface area contributed by atoms with Crippen LogP contribution in [-0.2, 0) is 20.9 Å². The molecule has 2 atom stereocenters. The van der Waals surface area contributed by atoms with E-state index in [4.69, 9.17) is 9.47 Å².